The van der Waals surface area contributed by atoms with Crippen molar-refractivity contribution in [3.8, 4) is 0 Å². The molecule has 33 heavy (non-hydrogen) atoms. The fourth-order valence-electron chi connectivity index (χ4n) is 4.44. The number of carbonyl (C=O) groups excluding carboxylic acids is 4. The number of anilines is 1. The molecule has 2 aromatic rings. The van der Waals surface area contributed by atoms with E-state index in [1.54, 1.807) is 6.07 Å². The predicted molar refractivity (Wildman–Crippen MR) is 118 cm³/mol. The van der Waals surface area contributed by atoms with Gasteiger partial charge in [-0.1, -0.05) is 30.3 Å². The van der Waals surface area contributed by atoms with E-state index < -0.39 is 18.0 Å². The van der Waals surface area contributed by atoms with Crippen LogP contribution in [0.4, 0.5) is 10.5 Å². The Balaban J connectivity index is 1.13. The molecule has 2 N–H and O–H groups in total. The van der Waals surface area contributed by atoms with Crippen molar-refractivity contribution >= 4 is 29.5 Å². The van der Waals surface area contributed by atoms with E-state index in [2.05, 4.69) is 15.5 Å². The molecule has 3 aliphatic rings. The third-order valence-electron chi connectivity index (χ3n) is 6.27. The number of imide groups is 1. The van der Waals surface area contributed by atoms with Gasteiger partial charge < -0.3 is 19.9 Å². The molecule has 5 rings (SSSR count). The second kappa shape index (κ2) is 8.57. The Hall–Kier alpha value is -3.88. The van der Waals surface area contributed by atoms with Crippen molar-refractivity contribution in [1.29, 1.82) is 0 Å². The van der Waals surface area contributed by atoms with Gasteiger partial charge in [-0.05, 0) is 35.7 Å². The molecule has 0 spiro atoms. The van der Waals surface area contributed by atoms with Crippen LogP contribution in [0.3, 0.4) is 0 Å². The fourth-order valence-corrected chi connectivity index (χ4v) is 4.44. The number of rotatable bonds is 5. The summed E-state index contributed by atoms with van der Waals surface area (Å²) in [4.78, 5) is 52.3. The summed E-state index contributed by atoms with van der Waals surface area (Å²) >= 11 is 0. The lowest BCUT2D eigenvalue weighted by molar-refractivity contribution is -0.136. The van der Waals surface area contributed by atoms with Crippen LogP contribution in [0, 0.1) is 0 Å². The van der Waals surface area contributed by atoms with Crippen molar-refractivity contribution in [2.24, 2.45) is 0 Å². The van der Waals surface area contributed by atoms with Gasteiger partial charge in [0.1, 0.15) is 12.1 Å². The lowest BCUT2D eigenvalue weighted by Crippen LogP contribution is -2.53. The van der Waals surface area contributed by atoms with Crippen LogP contribution >= 0.6 is 0 Å². The minimum atomic E-state index is -0.642. The maximum absolute atomic E-state index is 12.9. The van der Waals surface area contributed by atoms with E-state index in [1.165, 1.54) is 4.90 Å². The minimum Gasteiger partial charge on any atom is -0.442 e. The summed E-state index contributed by atoms with van der Waals surface area (Å²) in [5.74, 6) is -0.978. The minimum absolute atomic E-state index is 0.158. The van der Waals surface area contributed by atoms with Crippen molar-refractivity contribution in [3.63, 3.8) is 0 Å². The Morgan fingerprint density at radius 2 is 1.88 bits per heavy atom. The second-order valence-corrected chi connectivity index (χ2v) is 8.51. The topological polar surface area (TPSA) is 108 Å². The Morgan fingerprint density at radius 3 is 2.64 bits per heavy atom. The average Bonchev–Trinajstić information content (AvgIpc) is 3.11. The molecule has 170 valence electrons. The highest BCUT2D eigenvalue weighted by Gasteiger charge is 2.39. The maximum Gasteiger partial charge on any atom is 0.407 e. The Labute approximate surface area is 190 Å². The monoisotopic (exact) mass is 448 g/mol. The summed E-state index contributed by atoms with van der Waals surface area (Å²) in [5.41, 5.74) is 3.21. The Kier molecular flexibility index (Phi) is 5.45. The summed E-state index contributed by atoms with van der Waals surface area (Å²) in [5, 5.41) is 5.04. The molecule has 3 heterocycles. The first-order valence-electron chi connectivity index (χ1n) is 11.0. The van der Waals surface area contributed by atoms with Crippen LogP contribution in [0.25, 0.3) is 0 Å². The summed E-state index contributed by atoms with van der Waals surface area (Å²) in [6.07, 6.45) is -0.107. The van der Waals surface area contributed by atoms with Crippen LogP contribution in [0.1, 0.15) is 34.3 Å². The lowest BCUT2D eigenvalue weighted by Gasteiger charge is -2.40. The molecule has 1 unspecified atom stereocenters. The van der Waals surface area contributed by atoms with Crippen molar-refractivity contribution in [3.05, 3.63) is 65.2 Å². The van der Waals surface area contributed by atoms with E-state index in [-0.39, 0.29) is 30.9 Å². The molecule has 0 saturated carbocycles. The number of carbonyl (C=O) groups is 4. The number of alkyl carbamates (subject to hydrolysis) is 1. The SMILES string of the molecule is O=C1CCC(N2Cc3ccc(CNC(=O)OC4CN(c5ccccc5)C4)cc3C2=O)C(=O)N1. The van der Waals surface area contributed by atoms with Gasteiger partial charge in [-0.3, -0.25) is 19.7 Å². The highest BCUT2D eigenvalue weighted by Crippen LogP contribution is 2.28. The number of nitrogens with zero attached hydrogens (tertiary/aromatic N) is 2. The number of hydrogen-bond donors (Lipinski definition) is 2. The first-order chi connectivity index (χ1) is 16.0. The van der Waals surface area contributed by atoms with Gasteiger partial charge in [-0.25, -0.2) is 4.79 Å². The molecule has 9 heteroatoms. The second-order valence-electron chi connectivity index (χ2n) is 8.51. The molecule has 0 aliphatic carbocycles. The van der Waals surface area contributed by atoms with Gasteiger partial charge in [0.15, 0.2) is 0 Å². The molecule has 0 radical (unpaired) electrons. The van der Waals surface area contributed by atoms with Gasteiger partial charge in [0.25, 0.3) is 5.91 Å². The number of fused-ring (bicyclic) bond motifs is 1. The van der Waals surface area contributed by atoms with Crippen LogP contribution in [0.15, 0.2) is 48.5 Å². The van der Waals surface area contributed by atoms with E-state index in [0.717, 1.165) is 16.8 Å². The van der Waals surface area contributed by atoms with E-state index in [9.17, 15) is 19.2 Å². The van der Waals surface area contributed by atoms with Crippen molar-refractivity contribution < 1.29 is 23.9 Å². The number of nitrogens with one attached hydrogen (secondary N) is 2. The van der Waals surface area contributed by atoms with Crippen LogP contribution in [0.5, 0.6) is 0 Å². The highest BCUT2D eigenvalue weighted by atomic mass is 16.6. The zero-order valence-electron chi connectivity index (χ0n) is 18.0. The molecule has 0 aromatic heterocycles. The van der Waals surface area contributed by atoms with Gasteiger partial charge in [-0.15, -0.1) is 0 Å². The largest absolute Gasteiger partial charge is 0.442 e. The molecule has 0 bridgehead atoms. The highest BCUT2D eigenvalue weighted by molar-refractivity contribution is 6.05. The Bertz CT molecular complexity index is 1110. The summed E-state index contributed by atoms with van der Waals surface area (Å²) in [7, 11) is 0. The summed E-state index contributed by atoms with van der Waals surface area (Å²) in [6.45, 7) is 1.87. The molecular weight excluding hydrogens is 424 g/mol. The number of amides is 4. The lowest BCUT2D eigenvalue weighted by atomic mass is 10.0. The average molecular weight is 448 g/mol. The van der Waals surface area contributed by atoms with E-state index in [4.69, 9.17) is 4.74 Å². The van der Waals surface area contributed by atoms with Gasteiger partial charge >= 0.3 is 6.09 Å². The first-order valence-corrected chi connectivity index (χ1v) is 11.0. The fraction of sp³-hybridized carbons (Fsp3) is 0.333. The van der Waals surface area contributed by atoms with Crippen molar-refractivity contribution in [2.45, 2.75) is 38.1 Å². The third-order valence-corrected chi connectivity index (χ3v) is 6.27. The molecule has 1 atom stereocenters. The molecule has 2 saturated heterocycles. The van der Waals surface area contributed by atoms with E-state index >= 15 is 0 Å². The van der Waals surface area contributed by atoms with Crippen LogP contribution in [-0.4, -0.2) is 54.0 Å². The number of hydrogen-bond acceptors (Lipinski definition) is 6. The number of benzene rings is 2. The number of ether oxygens (including phenoxy) is 1. The molecule has 2 fully saturated rings. The summed E-state index contributed by atoms with van der Waals surface area (Å²) in [6, 6.07) is 14.7. The van der Waals surface area contributed by atoms with Crippen LogP contribution in [-0.2, 0) is 27.4 Å². The molecule has 4 amide bonds. The van der Waals surface area contributed by atoms with E-state index in [1.807, 2.05) is 42.5 Å². The van der Waals surface area contributed by atoms with Gasteiger partial charge in [0.05, 0.1) is 13.1 Å². The normalized spacial score (nSPS) is 20.2. The maximum atomic E-state index is 12.9. The standard InChI is InChI=1S/C24H24N4O5/c29-21-9-8-20(22(30)26-21)28-12-16-7-6-15(10-19(16)23(28)31)11-25-24(32)33-18-13-27(14-18)17-4-2-1-3-5-17/h1-7,10,18,20H,8-9,11-14H2,(H,25,32)(H,26,29,30). The van der Waals surface area contributed by atoms with Crippen molar-refractivity contribution in [1.82, 2.24) is 15.5 Å². The van der Waals surface area contributed by atoms with Crippen LogP contribution < -0.4 is 15.5 Å². The van der Waals surface area contributed by atoms with Gasteiger partial charge in [-0.2, -0.15) is 0 Å². The summed E-state index contributed by atoms with van der Waals surface area (Å²) < 4.78 is 5.45. The smallest absolute Gasteiger partial charge is 0.407 e. The first kappa shape index (κ1) is 21.0. The van der Waals surface area contributed by atoms with E-state index in [0.29, 0.717) is 31.6 Å². The number of para-hydroxylation sites is 1. The molecule has 2 aromatic carbocycles. The molecular formula is C24H24N4O5. The molecule has 3 aliphatic heterocycles. The zero-order valence-corrected chi connectivity index (χ0v) is 18.0. The predicted octanol–water partition coefficient (Wildman–Crippen LogP) is 1.56. The van der Waals surface area contributed by atoms with Crippen LogP contribution in [0.2, 0.25) is 0 Å². The quantitative estimate of drug-likeness (QED) is 0.673. The molecule has 9 nitrogen and oxygen atoms in total. The van der Waals surface area contributed by atoms with Gasteiger partial charge in [0, 0.05) is 30.8 Å². The third kappa shape index (κ3) is 4.26. The zero-order chi connectivity index (χ0) is 22.9. The van der Waals surface area contributed by atoms with Crippen molar-refractivity contribution in [2.75, 3.05) is 18.0 Å². The Morgan fingerprint density at radius 1 is 1.09 bits per heavy atom. The number of piperidine rings is 1. The van der Waals surface area contributed by atoms with Gasteiger partial charge in [0.2, 0.25) is 11.8 Å².